The molecular formula is C11H21N5S. The topological polar surface area (TPSA) is 75.9 Å². The normalized spacial score (nSPS) is 12.2. The highest BCUT2D eigenvalue weighted by Crippen LogP contribution is 2.14. The van der Waals surface area contributed by atoms with Gasteiger partial charge in [-0.15, -0.1) is 0 Å². The van der Waals surface area contributed by atoms with Crippen molar-refractivity contribution in [3.05, 3.63) is 6.07 Å². The molecular weight excluding hydrogens is 234 g/mol. The number of hydrogen-bond donors (Lipinski definition) is 3. The Bertz CT molecular complexity index is 345. The van der Waals surface area contributed by atoms with E-state index in [0.717, 1.165) is 30.4 Å². The molecule has 6 heteroatoms. The fourth-order valence-electron chi connectivity index (χ4n) is 1.43. The first kappa shape index (κ1) is 13.9. The van der Waals surface area contributed by atoms with E-state index < -0.39 is 0 Å². The monoisotopic (exact) mass is 255 g/mol. The molecule has 1 aromatic heterocycles. The van der Waals surface area contributed by atoms with Crippen molar-refractivity contribution in [1.29, 1.82) is 0 Å². The Morgan fingerprint density at radius 3 is 2.76 bits per heavy atom. The molecule has 1 aromatic rings. The summed E-state index contributed by atoms with van der Waals surface area (Å²) in [6.07, 6.45) is 3.14. The van der Waals surface area contributed by atoms with Crippen molar-refractivity contribution in [2.45, 2.75) is 26.3 Å². The largest absolute Gasteiger partial charge is 0.370 e. The van der Waals surface area contributed by atoms with Crippen LogP contribution in [0.2, 0.25) is 0 Å². The van der Waals surface area contributed by atoms with E-state index in [1.807, 2.05) is 6.07 Å². The molecule has 17 heavy (non-hydrogen) atoms. The van der Waals surface area contributed by atoms with E-state index in [1.54, 1.807) is 11.8 Å². The van der Waals surface area contributed by atoms with Crippen LogP contribution in [-0.4, -0.2) is 34.6 Å². The second-order valence-electron chi connectivity index (χ2n) is 3.92. The third-order valence-electron chi connectivity index (χ3n) is 2.11. The Hall–Kier alpha value is -1.17. The van der Waals surface area contributed by atoms with Gasteiger partial charge in [0.1, 0.15) is 11.6 Å². The quantitative estimate of drug-likeness (QED) is 0.692. The molecule has 0 aromatic carbocycles. The zero-order valence-electron chi connectivity index (χ0n) is 10.7. The number of nitrogens with one attached hydrogen (secondary N) is 2. The van der Waals surface area contributed by atoms with Crippen LogP contribution in [0.15, 0.2) is 6.07 Å². The molecule has 0 bridgehead atoms. The molecule has 0 saturated heterocycles. The van der Waals surface area contributed by atoms with Gasteiger partial charge < -0.3 is 16.4 Å². The second-order valence-corrected chi connectivity index (χ2v) is 4.83. The Kier molecular flexibility index (Phi) is 5.90. The van der Waals surface area contributed by atoms with Crippen LogP contribution in [0.5, 0.6) is 0 Å². The van der Waals surface area contributed by atoms with Crippen molar-refractivity contribution >= 4 is 29.3 Å². The maximum absolute atomic E-state index is 5.67. The van der Waals surface area contributed by atoms with Crippen LogP contribution in [0.1, 0.15) is 20.3 Å². The van der Waals surface area contributed by atoms with Crippen LogP contribution < -0.4 is 16.4 Å². The fourth-order valence-corrected chi connectivity index (χ4v) is 2.01. The van der Waals surface area contributed by atoms with Gasteiger partial charge in [-0.25, -0.2) is 0 Å². The van der Waals surface area contributed by atoms with Crippen LogP contribution in [0, 0.1) is 0 Å². The van der Waals surface area contributed by atoms with Crippen LogP contribution in [0.3, 0.4) is 0 Å². The van der Waals surface area contributed by atoms with E-state index in [4.69, 9.17) is 5.73 Å². The van der Waals surface area contributed by atoms with Crippen molar-refractivity contribution in [3.8, 4) is 0 Å². The van der Waals surface area contributed by atoms with Crippen LogP contribution in [0.25, 0.3) is 0 Å². The summed E-state index contributed by atoms with van der Waals surface area (Å²) in [4.78, 5) is 8.31. The smallest absolute Gasteiger partial charge is 0.223 e. The van der Waals surface area contributed by atoms with Crippen LogP contribution in [-0.2, 0) is 0 Å². The number of nitrogens with two attached hydrogens (primary N) is 1. The number of rotatable bonds is 7. The zero-order chi connectivity index (χ0) is 12.7. The lowest BCUT2D eigenvalue weighted by molar-refractivity contribution is 0.899. The molecule has 0 amide bonds. The number of aromatic nitrogens is 2. The average Bonchev–Trinajstić information content (AvgIpc) is 2.25. The summed E-state index contributed by atoms with van der Waals surface area (Å²) in [5.41, 5.74) is 5.67. The van der Waals surface area contributed by atoms with Crippen LogP contribution >= 0.6 is 11.8 Å². The standard InChI is InChI=1S/C11H21N5S/c1-4-5-13-9-6-10(16-11(12)15-9)14-8(2)7-17-3/h6,8H,4-5,7H2,1-3H3,(H4,12,13,14,15,16). The molecule has 1 heterocycles. The summed E-state index contributed by atoms with van der Waals surface area (Å²) >= 11 is 1.80. The van der Waals surface area contributed by atoms with E-state index >= 15 is 0 Å². The minimum atomic E-state index is 0.296. The molecule has 96 valence electrons. The molecule has 5 nitrogen and oxygen atoms in total. The first-order valence-electron chi connectivity index (χ1n) is 5.79. The Morgan fingerprint density at radius 1 is 1.41 bits per heavy atom. The molecule has 0 aliphatic heterocycles. The van der Waals surface area contributed by atoms with E-state index in [9.17, 15) is 0 Å². The zero-order valence-corrected chi connectivity index (χ0v) is 11.5. The van der Waals surface area contributed by atoms with Gasteiger partial charge in [-0.3, -0.25) is 0 Å². The molecule has 1 atom stereocenters. The van der Waals surface area contributed by atoms with Crippen molar-refractivity contribution in [2.24, 2.45) is 0 Å². The summed E-state index contributed by atoms with van der Waals surface area (Å²) < 4.78 is 0. The number of anilines is 3. The van der Waals surface area contributed by atoms with Gasteiger partial charge in [0.05, 0.1) is 0 Å². The third-order valence-corrected chi connectivity index (χ3v) is 2.94. The maximum atomic E-state index is 5.67. The summed E-state index contributed by atoms with van der Waals surface area (Å²) in [5.74, 6) is 2.88. The van der Waals surface area contributed by atoms with E-state index in [0.29, 0.717) is 12.0 Å². The maximum Gasteiger partial charge on any atom is 0.223 e. The molecule has 0 spiro atoms. The number of nitrogens with zero attached hydrogens (tertiary/aromatic N) is 2. The summed E-state index contributed by atoms with van der Waals surface area (Å²) in [7, 11) is 0. The number of hydrogen-bond acceptors (Lipinski definition) is 6. The minimum Gasteiger partial charge on any atom is -0.370 e. The SMILES string of the molecule is CCCNc1cc(NC(C)CSC)nc(N)n1. The summed E-state index contributed by atoms with van der Waals surface area (Å²) in [5, 5.41) is 6.51. The van der Waals surface area contributed by atoms with Crippen molar-refractivity contribution < 1.29 is 0 Å². The fraction of sp³-hybridized carbons (Fsp3) is 0.636. The highest BCUT2D eigenvalue weighted by molar-refractivity contribution is 7.98. The molecule has 0 aliphatic carbocycles. The molecule has 0 radical (unpaired) electrons. The van der Waals surface area contributed by atoms with Crippen molar-refractivity contribution in [2.75, 3.05) is 34.9 Å². The van der Waals surface area contributed by atoms with Crippen LogP contribution in [0.4, 0.5) is 17.6 Å². The van der Waals surface area contributed by atoms with Gasteiger partial charge in [0, 0.05) is 24.4 Å². The molecule has 4 N–H and O–H groups in total. The summed E-state index contributed by atoms with van der Waals surface area (Å²) in [6.45, 7) is 5.11. The van der Waals surface area contributed by atoms with Gasteiger partial charge in [-0.2, -0.15) is 21.7 Å². The minimum absolute atomic E-state index is 0.296. The first-order chi connectivity index (χ1) is 8.15. The third kappa shape index (κ3) is 5.12. The summed E-state index contributed by atoms with van der Waals surface area (Å²) in [6, 6.07) is 2.25. The number of thioether (sulfide) groups is 1. The molecule has 0 aliphatic rings. The van der Waals surface area contributed by atoms with E-state index in [1.165, 1.54) is 0 Å². The van der Waals surface area contributed by atoms with Gasteiger partial charge >= 0.3 is 0 Å². The van der Waals surface area contributed by atoms with Gasteiger partial charge in [-0.1, -0.05) is 6.92 Å². The lowest BCUT2D eigenvalue weighted by Gasteiger charge is -2.14. The molecule has 1 rings (SSSR count). The average molecular weight is 255 g/mol. The van der Waals surface area contributed by atoms with Gasteiger partial charge in [-0.05, 0) is 19.6 Å². The Balaban J connectivity index is 2.67. The van der Waals surface area contributed by atoms with Gasteiger partial charge in [0.2, 0.25) is 5.95 Å². The lowest BCUT2D eigenvalue weighted by Crippen LogP contribution is -2.19. The van der Waals surface area contributed by atoms with Crippen molar-refractivity contribution in [3.63, 3.8) is 0 Å². The predicted molar refractivity (Wildman–Crippen MR) is 76.7 cm³/mol. The predicted octanol–water partition coefficient (Wildman–Crippen LogP) is 2.04. The highest BCUT2D eigenvalue weighted by atomic mass is 32.2. The van der Waals surface area contributed by atoms with E-state index in [-0.39, 0.29) is 0 Å². The van der Waals surface area contributed by atoms with Gasteiger partial charge in [0.25, 0.3) is 0 Å². The van der Waals surface area contributed by atoms with Gasteiger partial charge in [0.15, 0.2) is 0 Å². The van der Waals surface area contributed by atoms with E-state index in [2.05, 4.69) is 40.7 Å². The molecule has 0 saturated carbocycles. The molecule has 0 fully saturated rings. The first-order valence-corrected chi connectivity index (χ1v) is 7.19. The van der Waals surface area contributed by atoms with Crippen molar-refractivity contribution in [1.82, 2.24) is 9.97 Å². The Morgan fingerprint density at radius 2 is 2.12 bits per heavy atom. The Labute approximate surface area is 107 Å². The highest BCUT2D eigenvalue weighted by Gasteiger charge is 2.05. The molecule has 1 unspecified atom stereocenters. The number of nitrogen functional groups attached to an aromatic ring is 1. The lowest BCUT2D eigenvalue weighted by atomic mass is 10.4. The second kappa shape index (κ2) is 7.21.